The number of guanidine groups is 1. The minimum atomic E-state index is -3.63. The molecule has 2 aromatic rings. The molecule has 2 rings (SSSR count). The second kappa shape index (κ2) is 9.76. The fourth-order valence-electron chi connectivity index (χ4n) is 2.80. The Morgan fingerprint density at radius 1 is 0.966 bits per heavy atom. The summed E-state index contributed by atoms with van der Waals surface area (Å²) in [5.74, 6) is 1.35. The molecule has 0 bridgehead atoms. The van der Waals surface area contributed by atoms with Crippen molar-refractivity contribution in [3.8, 4) is 5.75 Å². The Bertz CT molecular complexity index is 950. The van der Waals surface area contributed by atoms with Gasteiger partial charge in [0.2, 0.25) is 10.0 Å². The van der Waals surface area contributed by atoms with Gasteiger partial charge in [0.25, 0.3) is 0 Å². The quantitative estimate of drug-likeness (QED) is 0.475. The van der Waals surface area contributed by atoms with Crippen LogP contribution >= 0.6 is 0 Å². The zero-order valence-corrected chi connectivity index (χ0v) is 18.4. The molecule has 0 saturated heterocycles. The molecule has 0 heterocycles. The van der Waals surface area contributed by atoms with E-state index in [4.69, 9.17) is 4.74 Å². The van der Waals surface area contributed by atoms with E-state index < -0.39 is 15.6 Å². The van der Waals surface area contributed by atoms with Gasteiger partial charge in [0.15, 0.2) is 5.96 Å². The van der Waals surface area contributed by atoms with Crippen LogP contribution in [0.25, 0.3) is 0 Å². The number of para-hydroxylation sites is 1. The molecule has 158 valence electrons. The van der Waals surface area contributed by atoms with Crippen molar-refractivity contribution >= 4 is 16.0 Å². The maximum Gasteiger partial charge on any atom is 0.241 e. The molecule has 0 aliphatic rings. The number of sulfonamides is 1. The summed E-state index contributed by atoms with van der Waals surface area (Å²) in [4.78, 5) is 4.47. The highest BCUT2D eigenvalue weighted by atomic mass is 32.2. The number of nitrogens with zero attached hydrogens (tertiary/aromatic N) is 1. The van der Waals surface area contributed by atoms with E-state index in [1.54, 1.807) is 32.4 Å². The molecule has 0 spiro atoms. The van der Waals surface area contributed by atoms with Gasteiger partial charge in [-0.25, -0.2) is 13.1 Å². The summed E-state index contributed by atoms with van der Waals surface area (Å²) in [7, 11) is -0.332. The fourth-order valence-corrected chi connectivity index (χ4v) is 4.46. The van der Waals surface area contributed by atoms with E-state index in [-0.39, 0.29) is 4.90 Å². The number of hydrogen-bond acceptors (Lipinski definition) is 4. The third kappa shape index (κ3) is 6.76. The Balaban J connectivity index is 2.09. The van der Waals surface area contributed by atoms with E-state index in [0.717, 1.165) is 11.3 Å². The van der Waals surface area contributed by atoms with Gasteiger partial charge in [0, 0.05) is 31.2 Å². The topological polar surface area (TPSA) is 91.8 Å². The largest absolute Gasteiger partial charge is 0.496 e. The van der Waals surface area contributed by atoms with Crippen molar-refractivity contribution < 1.29 is 13.2 Å². The van der Waals surface area contributed by atoms with Crippen molar-refractivity contribution in [2.24, 2.45) is 4.99 Å². The predicted molar refractivity (Wildman–Crippen MR) is 117 cm³/mol. The first-order valence-corrected chi connectivity index (χ1v) is 10.8. The van der Waals surface area contributed by atoms with Crippen molar-refractivity contribution in [2.75, 3.05) is 14.2 Å². The summed E-state index contributed by atoms with van der Waals surface area (Å²) in [5, 5.41) is 6.40. The van der Waals surface area contributed by atoms with Crippen LogP contribution in [0.4, 0.5) is 0 Å². The van der Waals surface area contributed by atoms with Crippen LogP contribution in [0.15, 0.2) is 58.4 Å². The number of nitrogens with one attached hydrogen (secondary N) is 3. The van der Waals surface area contributed by atoms with Crippen LogP contribution in [-0.4, -0.2) is 34.1 Å². The standard InChI is InChI=1S/C21H30N4O3S/c1-21(2,3)25-29(26,27)19-13-9-7-11-17(19)15-24-20(22-4)23-14-16-10-6-8-12-18(16)28-5/h6-13,25H,14-15H2,1-5H3,(H2,22,23,24). The molecular weight excluding hydrogens is 388 g/mol. The van der Waals surface area contributed by atoms with Gasteiger partial charge in [-0.2, -0.15) is 0 Å². The van der Waals surface area contributed by atoms with E-state index in [9.17, 15) is 8.42 Å². The summed E-state index contributed by atoms with van der Waals surface area (Å²) in [5.41, 5.74) is 1.09. The highest BCUT2D eigenvalue weighted by Gasteiger charge is 2.24. The van der Waals surface area contributed by atoms with Gasteiger partial charge < -0.3 is 15.4 Å². The lowest BCUT2D eigenvalue weighted by Gasteiger charge is -2.22. The molecule has 3 N–H and O–H groups in total. The van der Waals surface area contributed by atoms with Crippen LogP contribution < -0.4 is 20.1 Å². The second-order valence-corrected chi connectivity index (χ2v) is 9.21. The van der Waals surface area contributed by atoms with Gasteiger partial charge in [-0.1, -0.05) is 36.4 Å². The monoisotopic (exact) mass is 418 g/mol. The zero-order valence-electron chi connectivity index (χ0n) is 17.6. The number of ether oxygens (including phenoxy) is 1. The molecule has 2 aromatic carbocycles. The summed E-state index contributed by atoms with van der Waals surface area (Å²) < 4.78 is 33.6. The highest BCUT2D eigenvalue weighted by Crippen LogP contribution is 2.18. The lowest BCUT2D eigenvalue weighted by atomic mass is 10.1. The van der Waals surface area contributed by atoms with Gasteiger partial charge in [-0.15, -0.1) is 0 Å². The molecule has 0 aliphatic heterocycles. The van der Waals surface area contributed by atoms with Crippen molar-refractivity contribution in [1.29, 1.82) is 0 Å². The Morgan fingerprint density at radius 2 is 1.52 bits per heavy atom. The number of hydrogen-bond donors (Lipinski definition) is 3. The zero-order chi connectivity index (χ0) is 21.5. The SMILES string of the molecule is CN=C(NCc1ccccc1OC)NCc1ccccc1S(=O)(=O)NC(C)(C)C. The first kappa shape index (κ1) is 22.7. The maximum absolute atomic E-state index is 12.8. The molecule has 7 nitrogen and oxygen atoms in total. The lowest BCUT2D eigenvalue weighted by Crippen LogP contribution is -2.41. The molecule has 29 heavy (non-hydrogen) atoms. The van der Waals surface area contributed by atoms with Gasteiger partial charge in [-0.3, -0.25) is 4.99 Å². The van der Waals surface area contributed by atoms with Gasteiger partial charge >= 0.3 is 0 Å². The summed E-state index contributed by atoms with van der Waals surface area (Å²) in [6.07, 6.45) is 0. The first-order chi connectivity index (χ1) is 13.7. The van der Waals surface area contributed by atoms with E-state index in [1.165, 1.54) is 0 Å². The third-order valence-corrected chi connectivity index (χ3v) is 5.87. The summed E-state index contributed by atoms with van der Waals surface area (Å²) in [6.45, 7) is 6.28. The Labute approximate surface area is 173 Å². The third-order valence-electron chi connectivity index (χ3n) is 4.01. The molecule has 0 saturated carbocycles. The van der Waals surface area contributed by atoms with E-state index in [1.807, 2.05) is 51.1 Å². The minimum Gasteiger partial charge on any atom is -0.496 e. The van der Waals surface area contributed by atoms with Crippen LogP contribution in [-0.2, 0) is 23.1 Å². The normalized spacial score (nSPS) is 12.5. The lowest BCUT2D eigenvalue weighted by molar-refractivity contribution is 0.409. The molecular formula is C21H30N4O3S. The van der Waals surface area contributed by atoms with E-state index in [2.05, 4.69) is 20.3 Å². The van der Waals surface area contributed by atoms with Gasteiger partial charge in [0.1, 0.15) is 5.75 Å². The smallest absolute Gasteiger partial charge is 0.241 e. The Hall–Kier alpha value is -2.58. The van der Waals surface area contributed by atoms with Crippen molar-refractivity contribution in [2.45, 2.75) is 44.3 Å². The van der Waals surface area contributed by atoms with Crippen molar-refractivity contribution in [3.05, 3.63) is 59.7 Å². The second-order valence-electron chi connectivity index (χ2n) is 7.55. The van der Waals surface area contributed by atoms with E-state index >= 15 is 0 Å². The average molecular weight is 419 g/mol. The van der Waals surface area contributed by atoms with Crippen LogP contribution in [0.2, 0.25) is 0 Å². The molecule has 0 atom stereocenters. The fraction of sp³-hybridized carbons (Fsp3) is 0.381. The molecule has 0 aromatic heterocycles. The van der Waals surface area contributed by atoms with Crippen LogP contribution in [0, 0.1) is 0 Å². The molecule has 0 unspecified atom stereocenters. The van der Waals surface area contributed by atoms with E-state index in [0.29, 0.717) is 24.6 Å². The Kier molecular flexibility index (Phi) is 7.64. The summed E-state index contributed by atoms with van der Waals surface area (Å²) >= 11 is 0. The highest BCUT2D eigenvalue weighted by molar-refractivity contribution is 7.89. The molecule has 0 fully saturated rings. The first-order valence-electron chi connectivity index (χ1n) is 9.34. The number of benzene rings is 2. The van der Waals surface area contributed by atoms with Gasteiger partial charge in [-0.05, 0) is 38.5 Å². The molecule has 0 aliphatic carbocycles. The number of aliphatic imine (C=N–C) groups is 1. The predicted octanol–water partition coefficient (Wildman–Crippen LogP) is 2.64. The minimum absolute atomic E-state index is 0.252. The number of methoxy groups -OCH3 is 1. The average Bonchev–Trinajstić information content (AvgIpc) is 2.66. The van der Waals surface area contributed by atoms with Crippen molar-refractivity contribution in [3.63, 3.8) is 0 Å². The van der Waals surface area contributed by atoms with Crippen LogP contribution in [0.1, 0.15) is 31.9 Å². The van der Waals surface area contributed by atoms with Crippen LogP contribution in [0.3, 0.4) is 0 Å². The van der Waals surface area contributed by atoms with Crippen LogP contribution in [0.5, 0.6) is 5.75 Å². The Morgan fingerprint density at radius 3 is 2.10 bits per heavy atom. The van der Waals surface area contributed by atoms with Gasteiger partial charge in [0.05, 0.1) is 12.0 Å². The molecule has 0 amide bonds. The maximum atomic E-state index is 12.8. The van der Waals surface area contributed by atoms with Crippen molar-refractivity contribution in [1.82, 2.24) is 15.4 Å². The number of rotatable bonds is 7. The molecule has 0 radical (unpaired) electrons. The molecule has 8 heteroatoms. The summed E-state index contributed by atoms with van der Waals surface area (Å²) in [6, 6.07) is 14.7.